The Balaban J connectivity index is 3.34. The molecule has 0 aliphatic rings. The minimum absolute atomic E-state index is 0.337. The molecule has 0 aromatic heterocycles. The number of hydrogen-bond donors (Lipinski definition) is 1. The highest BCUT2D eigenvalue weighted by Gasteiger charge is 2.03. The molecule has 0 aromatic carbocycles. The molecule has 0 aliphatic heterocycles. The maximum atomic E-state index is 5.85. The normalized spacial score (nSPS) is 14.1. The van der Waals surface area contributed by atoms with Crippen LogP contribution in [0.4, 0.5) is 0 Å². The first kappa shape index (κ1) is 12.9. The Bertz CT molecular complexity index is 115. The van der Waals surface area contributed by atoms with Gasteiger partial charge in [0.1, 0.15) is 0 Å². The van der Waals surface area contributed by atoms with E-state index in [2.05, 4.69) is 37.9 Å². The van der Waals surface area contributed by atoms with Crippen molar-refractivity contribution in [3.63, 3.8) is 0 Å². The first-order valence-corrected chi connectivity index (χ1v) is 5.15. The lowest BCUT2D eigenvalue weighted by Gasteiger charge is -2.21. The highest BCUT2D eigenvalue weighted by atomic mass is 15.1. The fourth-order valence-electron chi connectivity index (χ4n) is 1.28. The van der Waals surface area contributed by atoms with Crippen molar-refractivity contribution in [1.82, 2.24) is 9.80 Å². The van der Waals surface area contributed by atoms with E-state index in [-0.39, 0.29) is 0 Å². The van der Waals surface area contributed by atoms with E-state index in [4.69, 9.17) is 5.73 Å². The molecule has 0 bridgehead atoms. The molecule has 3 nitrogen and oxygen atoms in total. The van der Waals surface area contributed by atoms with Crippen LogP contribution in [0.15, 0.2) is 0 Å². The van der Waals surface area contributed by atoms with Crippen LogP contribution in [0.1, 0.15) is 19.8 Å². The van der Waals surface area contributed by atoms with Crippen LogP contribution in [0.2, 0.25) is 0 Å². The number of likely N-dealkylation sites (N-methyl/N-ethyl adjacent to an activating group) is 1. The van der Waals surface area contributed by atoms with Crippen molar-refractivity contribution in [2.75, 3.05) is 40.8 Å². The molecule has 3 heteroatoms. The van der Waals surface area contributed by atoms with Gasteiger partial charge < -0.3 is 15.5 Å². The number of nitrogens with two attached hydrogens (primary N) is 1. The van der Waals surface area contributed by atoms with Gasteiger partial charge in [0, 0.05) is 12.6 Å². The largest absolute Gasteiger partial charge is 0.327 e. The van der Waals surface area contributed by atoms with Gasteiger partial charge in [-0.3, -0.25) is 0 Å². The summed E-state index contributed by atoms with van der Waals surface area (Å²) in [6, 6.07) is 0.337. The molecule has 1 atom stereocenters. The van der Waals surface area contributed by atoms with Crippen LogP contribution in [-0.2, 0) is 0 Å². The predicted molar refractivity (Wildman–Crippen MR) is 58.9 cm³/mol. The first-order chi connectivity index (χ1) is 6.06. The summed E-state index contributed by atoms with van der Waals surface area (Å²) in [4.78, 5) is 4.53. The summed E-state index contributed by atoms with van der Waals surface area (Å²) in [5.74, 6) is 0. The summed E-state index contributed by atoms with van der Waals surface area (Å²) in [5.41, 5.74) is 5.85. The molecular formula is C10H25N3. The summed E-state index contributed by atoms with van der Waals surface area (Å²) in [6.45, 7) is 5.46. The quantitative estimate of drug-likeness (QED) is 0.634. The van der Waals surface area contributed by atoms with Gasteiger partial charge in [-0.05, 0) is 47.1 Å². The lowest BCUT2D eigenvalue weighted by molar-refractivity contribution is 0.283. The fourth-order valence-corrected chi connectivity index (χ4v) is 1.28. The second-order valence-electron chi connectivity index (χ2n) is 4.09. The second-order valence-corrected chi connectivity index (χ2v) is 4.09. The van der Waals surface area contributed by atoms with Crippen molar-refractivity contribution in [3.05, 3.63) is 0 Å². The minimum atomic E-state index is 0.337. The zero-order valence-electron chi connectivity index (χ0n) is 9.58. The highest BCUT2D eigenvalue weighted by Crippen LogP contribution is 1.93. The Morgan fingerprint density at radius 2 is 1.77 bits per heavy atom. The Morgan fingerprint density at radius 3 is 2.23 bits per heavy atom. The third kappa shape index (κ3) is 8.22. The monoisotopic (exact) mass is 187 g/mol. The molecule has 2 N–H and O–H groups in total. The van der Waals surface area contributed by atoms with Crippen molar-refractivity contribution >= 4 is 0 Å². The molecule has 0 spiro atoms. The third-order valence-electron chi connectivity index (χ3n) is 2.22. The molecule has 0 fully saturated rings. The molecule has 80 valence electrons. The van der Waals surface area contributed by atoms with Gasteiger partial charge in [-0.2, -0.15) is 0 Å². The van der Waals surface area contributed by atoms with Crippen LogP contribution in [0.25, 0.3) is 0 Å². The summed E-state index contributed by atoms with van der Waals surface area (Å²) in [6.07, 6.45) is 2.29. The van der Waals surface area contributed by atoms with Gasteiger partial charge >= 0.3 is 0 Å². The summed E-state index contributed by atoms with van der Waals surface area (Å²) < 4.78 is 0. The maximum absolute atomic E-state index is 5.85. The lowest BCUT2D eigenvalue weighted by atomic mass is 10.2. The molecule has 0 amide bonds. The van der Waals surface area contributed by atoms with Gasteiger partial charge in [-0.25, -0.2) is 0 Å². The van der Waals surface area contributed by atoms with Crippen molar-refractivity contribution in [2.45, 2.75) is 25.8 Å². The number of nitrogens with zero attached hydrogens (tertiary/aromatic N) is 2. The van der Waals surface area contributed by atoms with Gasteiger partial charge in [0.05, 0.1) is 0 Å². The molecule has 0 aliphatic carbocycles. The van der Waals surface area contributed by atoms with E-state index in [0.29, 0.717) is 6.04 Å². The summed E-state index contributed by atoms with van der Waals surface area (Å²) in [5, 5.41) is 0. The number of rotatable bonds is 7. The summed E-state index contributed by atoms with van der Waals surface area (Å²) >= 11 is 0. The molecule has 0 radical (unpaired) electrons. The van der Waals surface area contributed by atoms with Gasteiger partial charge in [0.2, 0.25) is 0 Å². The van der Waals surface area contributed by atoms with Crippen LogP contribution >= 0.6 is 0 Å². The molecule has 1 unspecified atom stereocenters. The molecule has 0 heterocycles. The van der Waals surface area contributed by atoms with Crippen LogP contribution in [0.5, 0.6) is 0 Å². The Hall–Kier alpha value is -0.120. The highest BCUT2D eigenvalue weighted by molar-refractivity contribution is 4.63. The van der Waals surface area contributed by atoms with E-state index in [9.17, 15) is 0 Å². The zero-order chi connectivity index (χ0) is 10.3. The second kappa shape index (κ2) is 7.30. The Morgan fingerprint density at radius 1 is 1.15 bits per heavy atom. The van der Waals surface area contributed by atoms with Crippen molar-refractivity contribution in [3.8, 4) is 0 Å². The molecule has 0 aromatic rings. The smallest absolute Gasteiger partial charge is 0.0165 e. The predicted octanol–water partition coefficient (Wildman–Crippen LogP) is 0.607. The van der Waals surface area contributed by atoms with E-state index in [1.54, 1.807) is 0 Å². The minimum Gasteiger partial charge on any atom is -0.327 e. The van der Waals surface area contributed by atoms with Crippen LogP contribution in [-0.4, -0.2) is 56.6 Å². The molecule has 13 heavy (non-hydrogen) atoms. The summed E-state index contributed by atoms with van der Waals surface area (Å²) in [7, 11) is 6.36. The van der Waals surface area contributed by atoms with Crippen molar-refractivity contribution in [1.29, 1.82) is 0 Å². The molecule has 0 saturated heterocycles. The van der Waals surface area contributed by atoms with Crippen LogP contribution in [0.3, 0.4) is 0 Å². The Kier molecular flexibility index (Phi) is 7.23. The first-order valence-electron chi connectivity index (χ1n) is 5.15. The molecular weight excluding hydrogens is 162 g/mol. The van der Waals surface area contributed by atoms with E-state index >= 15 is 0 Å². The fraction of sp³-hybridized carbons (Fsp3) is 1.00. The molecule has 0 rings (SSSR count). The van der Waals surface area contributed by atoms with Crippen molar-refractivity contribution in [2.24, 2.45) is 5.73 Å². The average Bonchev–Trinajstić information content (AvgIpc) is 2.03. The van der Waals surface area contributed by atoms with E-state index in [1.165, 1.54) is 6.42 Å². The van der Waals surface area contributed by atoms with E-state index in [1.807, 2.05) is 0 Å². The SMILES string of the molecule is CCC(N)CN(C)CCCN(C)C. The van der Waals surface area contributed by atoms with Crippen molar-refractivity contribution < 1.29 is 0 Å². The standard InChI is InChI=1S/C10H25N3/c1-5-10(11)9-13(4)8-6-7-12(2)3/h10H,5-9,11H2,1-4H3. The Labute approximate surface area is 82.9 Å². The lowest BCUT2D eigenvalue weighted by Crippen LogP contribution is -2.35. The third-order valence-corrected chi connectivity index (χ3v) is 2.22. The van der Waals surface area contributed by atoms with Crippen LogP contribution in [0, 0.1) is 0 Å². The van der Waals surface area contributed by atoms with Gasteiger partial charge in [-0.1, -0.05) is 6.92 Å². The molecule has 0 saturated carbocycles. The van der Waals surface area contributed by atoms with E-state index in [0.717, 1.165) is 26.1 Å². The van der Waals surface area contributed by atoms with Gasteiger partial charge in [0.15, 0.2) is 0 Å². The van der Waals surface area contributed by atoms with E-state index < -0.39 is 0 Å². The average molecular weight is 187 g/mol. The zero-order valence-corrected chi connectivity index (χ0v) is 9.58. The van der Waals surface area contributed by atoms with Gasteiger partial charge in [0.25, 0.3) is 0 Å². The van der Waals surface area contributed by atoms with Crippen LogP contribution < -0.4 is 5.73 Å². The number of hydrogen-bond acceptors (Lipinski definition) is 3. The topological polar surface area (TPSA) is 32.5 Å². The maximum Gasteiger partial charge on any atom is 0.0165 e. The van der Waals surface area contributed by atoms with Gasteiger partial charge in [-0.15, -0.1) is 0 Å².